The van der Waals surface area contributed by atoms with Gasteiger partial charge in [0.05, 0.1) is 18.0 Å². The Labute approximate surface area is 89.7 Å². The van der Waals surface area contributed by atoms with Gasteiger partial charge in [-0.05, 0) is 32.4 Å². The van der Waals surface area contributed by atoms with Gasteiger partial charge in [0.25, 0.3) is 0 Å². The molecule has 1 amide bonds. The molecular weight excluding hydrogens is 192 g/mol. The molecule has 0 aliphatic rings. The van der Waals surface area contributed by atoms with Crippen molar-refractivity contribution >= 4 is 11.6 Å². The van der Waals surface area contributed by atoms with Crippen LogP contribution < -0.4 is 5.32 Å². The smallest absolute Gasteiger partial charge is 0.250 e. The minimum absolute atomic E-state index is 0.0609. The minimum Gasteiger partial charge on any atom is -0.369 e. The number of nitrogens with one attached hydrogen (secondary N) is 1. The van der Waals surface area contributed by atoms with Gasteiger partial charge in [-0.2, -0.15) is 0 Å². The van der Waals surface area contributed by atoms with E-state index in [1.54, 1.807) is 12.4 Å². The van der Waals surface area contributed by atoms with Crippen molar-refractivity contribution in [1.29, 1.82) is 0 Å². The molecule has 0 radical (unpaired) electrons. The number of aryl methyl sites for hydroxylation is 1. The molecule has 4 heteroatoms. The van der Waals surface area contributed by atoms with Gasteiger partial charge < -0.3 is 10.1 Å². The van der Waals surface area contributed by atoms with Crippen molar-refractivity contribution in [2.24, 2.45) is 0 Å². The van der Waals surface area contributed by atoms with E-state index in [1.165, 1.54) is 0 Å². The molecule has 1 heterocycles. The number of ether oxygens (including phenoxy) is 1. The van der Waals surface area contributed by atoms with Gasteiger partial charge in [-0.25, -0.2) is 0 Å². The third-order valence-electron chi connectivity index (χ3n) is 1.86. The quantitative estimate of drug-likeness (QED) is 0.820. The topological polar surface area (TPSA) is 51.2 Å². The first kappa shape index (κ1) is 11.7. The van der Waals surface area contributed by atoms with Crippen LogP contribution in [0.15, 0.2) is 18.5 Å². The molecule has 0 saturated carbocycles. The number of carbonyl (C=O) groups is 1. The zero-order valence-corrected chi connectivity index (χ0v) is 9.28. The number of anilines is 1. The Morgan fingerprint density at radius 2 is 2.33 bits per heavy atom. The second-order valence-electron chi connectivity index (χ2n) is 3.60. The van der Waals surface area contributed by atoms with Crippen LogP contribution in [-0.2, 0) is 9.53 Å². The van der Waals surface area contributed by atoms with Gasteiger partial charge in [-0.15, -0.1) is 0 Å². The molecule has 0 bridgehead atoms. The molecule has 0 saturated heterocycles. The summed E-state index contributed by atoms with van der Waals surface area (Å²) < 4.78 is 5.18. The Hall–Kier alpha value is -1.42. The van der Waals surface area contributed by atoms with Crippen molar-refractivity contribution < 1.29 is 9.53 Å². The van der Waals surface area contributed by atoms with E-state index in [1.807, 2.05) is 26.8 Å². The van der Waals surface area contributed by atoms with E-state index in [9.17, 15) is 4.79 Å². The molecule has 1 rings (SSSR count). The van der Waals surface area contributed by atoms with Crippen LogP contribution in [0.25, 0.3) is 0 Å². The van der Waals surface area contributed by atoms with E-state index < -0.39 is 0 Å². The molecule has 1 N–H and O–H groups in total. The normalized spacial score (nSPS) is 10.4. The number of aromatic nitrogens is 1. The average molecular weight is 208 g/mol. The number of hydrogen-bond donors (Lipinski definition) is 1. The summed E-state index contributed by atoms with van der Waals surface area (Å²) in [5.41, 5.74) is 1.72. The highest BCUT2D eigenvalue weighted by Gasteiger charge is 2.05. The summed E-state index contributed by atoms with van der Waals surface area (Å²) in [7, 11) is 0. The summed E-state index contributed by atoms with van der Waals surface area (Å²) in [5, 5.41) is 2.74. The first-order chi connectivity index (χ1) is 7.09. The zero-order chi connectivity index (χ0) is 11.3. The highest BCUT2D eigenvalue weighted by atomic mass is 16.5. The molecule has 0 aromatic carbocycles. The zero-order valence-electron chi connectivity index (χ0n) is 9.28. The lowest BCUT2D eigenvalue weighted by atomic mass is 10.2. The second kappa shape index (κ2) is 5.46. The SMILES string of the molecule is Cc1ccncc1NC(=O)COC(C)C. The van der Waals surface area contributed by atoms with Gasteiger partial charge >= 0.3 is 0 Å². The fraction of sp³-hybridized carbons (Fsp3) is 0.455. The van der Waals surface area contributed by atoms with Crippen LogP contribution in [-0.4, -0.2) is 23.6 Å². The molecule has 1 aromatic heterocycles. The van der Waals surface area contributed by atoms with E-state index in [4.69, 9.17) is 4.74 Å². The van der Waals surface area contributed by atoms with E-state index in [0.717, 1.165) is 11.3 Å². The second-order valence-corrected chi connectivity index (χ2v) is 3.60. The number of amides is 1. The molecular formula is C11H16N2O2. The number of pyridine rings is 1. The van der Waals surface area contributed by atoms with Crippen LogP contribution in [0.4, 0.5) is 5.69 Å². The standard InChI is InChI=1S/C11H16N2O2/c1-8(2)15-7-11(14)13-10-6-12-5-4-9(10)3/h4-6,8H,7H2,1-3H3,(H,13,14). The van der Waals surface area contributed by atoms with E-state index >= 15 is 0 Å². The summed E-state index contributed by atoms with van der Waals surface area (Å²) in [6, 6.07) is 1.85. The van der Waals surface area contributed by atoms with Crippen LogP contribution in [0.5, 0.6) is 0 Å². The Morgan fingerprint density at radius 1 is 1.60 bits per heavy atom. The van der Waals surface area contributed by atoms with Gasteiger partial charge in [-0.1, -0.05) is 0 Å². The Balaban J connectivity index is 2.48. The highest BCUT2D eigenvalue weighted by molar-refractivity contribution is 5.92. The Morgan fingerprint density at radius 3 is 2.93 bits per heavy atom. The molecule has 82 valence electrons. The fourth-order valence-electron chi connectivity index (χ4n) is 1.02. The van der Waals surface area contributed by atoms with Crippen molar-refractivity contribution in [1.82, 2.24) is 4.98 Å². The maximum absolute atomic E-state index is 11.4. The van der Waals surface area contributed by atoms with E-state index in [-0.39, 0.29) is 18.6 Å². The van der Waals surface area contributed by atoms with Gasteiger partial charge in [0, 0.05) is 6.20 Å². The lowest BCUT2D eigenvalue weighted by Gasteiger charge is -2.09. The van der Waals surface area contributed by atoms with Crippen molar-refractivity contribution in [2.45, 2.75) is 26.9 Å². The Kier molecular flexibility index (Phi) is 4.24. The summed E-state index contributed by atoms with van der Waals surface area (Å²) in [5.74, 6) is -0.153. The van der Waals surface area contributed by atoms with Crippen LogP contribution in [0.1, 0.15) is 19.4 Å². The van der Waals surface area contributed by atoms with Gasteiger partial charge in [0.1, 0.15) is 6.61 Å². The molecule has 15 heavy (non-hydrogen) atoms. The molecule has 0 fully saturated rings. The predicted molar refractivity (Wildman–Crippen MR) is 58.7 cm³/mol. The lowest BCUT2D eigenvalue weighted by molar-refractivity contribution is -0.121. The number of rotatable bonds is 4. The molecule has 0 atom stereocenters. The molecule has 0 aliphatic carbocycles. The molecule has 1 aromatic rings. The van der Waals surface area contributed by atoms with Crippen molar-refractivity contribution in [3.05, 3.63) is 24.0 Å². The summed E-state index contributed by atoms with van der Waals surface area (Å²) in [6.07, 6.45) is 3.38. The number of nitrogens with zero attached hydrogens (tertiary/aromatic N) is 1. The van der Waals surface area contributed by atoms with Gasteiger partial charge in [-0.3, -0.25) is 9.78 Å². The monoisotopic (exact) mass is 208 g/mol. The molecule has 0 spiro atoms. The summed E-state index contributed by atoms with van der Waals surface area (Å²) in [4.78, 5) is 15.3. The minimum atomic E-state index is -0.153. The van der Waals surface area contributed by atoms with Crippen molar-refractivity contribution in [2.75, 3.05) is 11.9 Å². The van der Waals surface area contributed by atoms with Gasteiger partial charge in [0.15, 0.2) is 0 Å². The van der Waals surface area contributed by atoms with Crippen LogP contribution in [0.2, 0.25) is 0 Å². The maximum atomic E-state index is 11.4. The fourth-order valence-corrected chi connectivity index (χ4v) is 1.02. The van der Waals surface area contributed by atoms with Crippen molar-refractivity contribution in [3.63, 3.8) is 0 Å². The molecule has 0 unspecified atom stereocenters. The average Bonchev–Trinajstić information content (AvgIpc) is 2.18. The van der Waals surface area contributed by atoms with E-state index in [2.05, 4.69) is 10.3 Å². The first-order valence-corrected chi connectivity index (χ1v) is 4.91. The number of hydrogen-bond acceptors (Lipinski definition) is 3. The van der Waals surface area contributed by atoms with Crippen LogP contribution in [0, 0.1) is 6.92 Å². The van der Waals surface area contributed by atoms with Crippen molar-refractivity contribution in [3.8, 4) is 0 Å². The highest BCUT2D eigenvalue weighted by Crippen LogP contribution is 2.10. The molecule has 4 nitrogen and oxygen atoms in total. The third-order valence-corrected chi connectivity index (χ3v) is 1.86. The first-order valence-electron chi connectivity index (χ1n) is 4.91. The largest absolute Gasteiger partial charge is 0.369 e. The number of carbonyl (C=O) groups excluding carboxylic acids is 1. The Bertz CT molecular complexity index is 337. The lowest BCUT2D eigenvalue weighted by Crippen LogP contribution is -2.21. The van der Waals surface area contributed by atoms with Crippen LogP contribution >= 0.6 is 0 Å². The summed E-state index contributed by atoms with van der Waals surface area (Å²) in [6.45, 7) is 5.78. The predicted octanol–water partition coefficient (Wildman–Crippen LogP) is 1.75. The summed E-state index contributed by atoms with van der Waals surface area (Å²) >= 11 is 0. The third kappa shape index (κ3) is 4.08. The van der Waals surface area contributed by atoms with Gasteiger partial charge in [0.2, 0.25) is 5.91 Å². The molecule has 0 aliphatic heterocycles. The van der Waals surface area contributed by atoms with E-state index in [0.29, 0.717) is 0 Å². The van der Waals surface area contributed by atoms with Crippen LogP contribution in [0.3, 0.4) is 0 Å². The maximum Gasteiger partial charge on any atom is 0.250 e.